The standard InChI is InChI=1S/C7H15NS/c1-7(9)5-3-4-6-8(7)2/h9H,3-6H2,1-2H3. The van der Waals surface area contributed by atoms with E-state index in [2.05, 4.69) is 31.5 Å². The van der Waals surface area contributed by atoms with Crippen LogP contribution in [0.4, 0.5) is 0 Å². The van der Waals surface area contributed by atoms with E-state index >= 15 is 0 Å². The van der Waals surface area contributed by atoms with E-state index in [-0.39, 0.29) is 4.87 Å². The number of nitrogens with zero attached hydrogens (tertiary/aromatic N) is 1. The number of hydrogen-bond acceptors (Lipinski definition) is 2. The van der Waals surface area contributed by atoms with Gasteiger partial charge in [0.25, 0.3) is 0 Å². The van der Waals surface area contributed by atoms with Crippen LogP contribution in [0.5, 0.6) is 0 Å². The molecule has 0 aromatic carbocycles. The summed E-state index contributed by atoms with van der Waals surface area (Å²) >= 11 is 4.54. The van der Waals surface area contributed by atoms with Crippen molar-refractivity contribution >= 4 is 12.6 Å². The molecule has 1 nitrogen and oxygen atoms in total. The first-order chi connectivity index (χ1) is 4.13. The van der Waals surface area contributed by atoms with Crippen molar-refractivity contribution in [2.24, 2.45) is 0 Å². The quantitative estimate of drug-likeness (QED) is 0.508. The fraction of sp³-hybridized carbons (Fsp3) is 1.00. The number of piperidine rings is 1. The summed E-state index contributed by atoms with van der Waals surface area (Å²) in [5.41, 5.74) is 0. The van der Waals surface area contributed by atoms with Crippen molar-refractivity contribution in [3.63, 3.8) is 0 Å². The lowest BCUT2D eigenvalue weighted by molar-refractivity contribution is 0.173. The van der Waals surface area contributed by atoms with E-state index in [1.807, 2.05) is 0 Å². The smallest absolute Gasteiger partial charge is 0.0609 e. The van der Waals surface area contributed by atoms with Gasteiger partial charge in [0.2, 0.25) is 0 Å². The summed E-state index contributed by atoms with van der Waals surface area (Å²) in [6, 6.07) is 0. The highest BCUT2D eigenvalue weighted by Crippen LogP contribution is 2.28. The third-order valence-electron chi connectivity index (χ3n) is 2.22. The van der Waals surface area contributed by atoms with Crippen LogP contribution < -0.4 is 0 Å². The molecule has 1 heterocycles. The summed E-state index contributed by atoms with van der Waals surface area (Å²) < 4.78 is 0. The molecule has 9 heavy (non-hydrogen) atoms. The van der Waals surface area contributed by atoms with Crippen molar-refractivity contribution in [2.45, 2.75) is 31.1 Å². The fourth-order valence-corrected chi connectivity index (χ4v) is 1.50. The van der Waals surface area contributed by atoms with Gasteiger partial charge >= 0.3 is 0 Å². The lowest BCUT2D eigenvalue weighted by atomic mass is 10.0. The second kappa shape index (κ2) is 2.51. The van der Waals surface area contributed by atoms with Crippen LogP contribution in [0.15, 0.2) is 0 Å². The van der Waals surface area contributed by atoms with Crippen molar-refractivity contribution in [1.29, 1.82) is 0 Å². The van der Waals surface area contributed by atoms with Crippen molar-refractivity contribution in [3.05, 3.63) is 0 Å². The lowest BCUT2D eigenvalue weighted by Gasteiger charge is -2.38. The summed E-state index contributed by atoms with van der Waals surface area (Å²) in [5.74, 6) is 0. The summed E-state index contributed by atoms with van der Waals surface area (Å²) in [5, 5.41) is 0. The van der Waals surface area contributed by atoms with E-state index in [4.69, 9.17) is 0 Å². The predicted molar refractivity (Wildman–Crippen MR) is 43.9 cm³/mol. The Kier molecular flexibility index (Phi) is 2.07. The van der Waals surface area contributed by atoms with E-state index in [9.17, 15) is 0 Å². The normalized spacial score (nSPS) is 39.0. The largest absolute Gasteiger partial charge is 0.292 e. The van der Waals surface area contributed by atoms with E-state index < -0.39 is 0 Å². The van der Waals surface area contributed by atoms with Gasteiger partial charge in [0.1, 0.15) is 0 Å². The van der Waals surface area contributed by atoms with Gasteiger partial charge in [0.15, 0.2) is 0 Å². The maximum absolute atomic E-state index is 4.54. The molecule has 0 aromatic rings. The molecular formula is C7H15NS. The fourth-order valence-electron chi connectivity index (χ4n) is 1.24. The molecule has 0 spiro atoms. The van der Waals surface area contributed by atoms with Gasteiger partial charge in [-0.3, -0.25) is 4.90 Å². The van der Waals surface area contributed by atoms with Gasteiger partial charge in [-0.2, -0.15) is 12.6 Å². The molecule has 1 aliphatic heterocycles. The molecule has 1 atom stereocenters. The minimum Gasteiger partial charge on any atom is -0.292 e. The average Bonchev–Trinajstić information content (AvgIpc) is 1.77. The lowest BCUT2D eigenvalue weighted by Crippen LogP contribution is -2.42. The number of hydrogen-bond donors (Lipinski definition) is 1. The van der Waals surface area contributed by atoms with Gasteiger partial charge < -0.3 is 0 Å². The third-order valence-corrected chi connectivity index (χ3v) is 2.78. The first-order valence-corrected chi connectivity index (χ1v) is 4.01. The molecule has 0 bridgehead atoms. The van der Waals surface area contributed by atoms with Crippen molar-refractivity contribution in [2.75, 3.05) is 13.6 Å². The Morgan fingerprint density at radius 2 is 2.11 bits per heavy atom. The van der Waals surface area contributed by atoms with Crippen molar-refractivity contribution in [1.82, 2.24) is 4.90 Å². The molecule has 0 amide bonds. The predicted octanol–water partition coefficient (Wildman–Crippen LogP) is 1.75. The average molecular weight is 145 g/mol. The Bertz CT molecular complexity index is 101. The number of thiol groups is 1. The van der Waals surface area contributed by atoms with Crippen molar-refractivity contribution < 1.29 is 0 Å². The topological polar surface area (TPSA) is 3.24 Å². The summed E-state index contributed by atoms with van der Waals surface area (Å²) in [4.78, 5) is 2.48. The molecule has 0 radical (unpaired) electrons. The van der Waals surface area contributed by atoms with Crippen LogP contribution in [0.2, 0.25) is 0 Å². The Hall–Kier alpha value is 0.310. The molecule has 0 N–H and O–H groups in total. The molecule has 1 saturated heterocycles. The monoisotopic (exact) mass is 145 g/mol. The SMILES string of the molecule is CN1CCCCC1(C)S. The maximum atomic E-state index is 4.54. The van der Waals surface area contributed by atoms with Gasteiger partial charge in [-0.15, -0.1) is 0 Å². The van der Waals surface area contributed by atoms with Crippen LogP contribution in [-0.4, -0.2) is 23.4 Å². The van der Waals surface area contributed by atoms with Gasteiger partial charge in [-0.1, -0.05) is 0 Å². The Labute approximate surface area is 62.8 Å². The van der Waals surface area contributed by atoms with Crippen LogP contribution >= 0.6 is 12.6 Å². The zero-order chi connectivity index (χ0) is 6.91. The van der Waals surface area contributed by atoms with Crippen LogP contribution in [0, 0.1) is 0 Å². The molecule has 1 unspecified atom stereocenters. The number of rotatable bonds is 0. The highest BCUT2D eigenvalue weighted by Gasteiger charge is 2.26. The second-order valence-electron chi connectivity index (χ2n) is 3.10. The Morgan fingerprint density at radius 3 is 2.44 bits per heavy atom. The summed E-state index contributed by atoms with van der Waals surface area (Å²) in [7, 11) is 2.14. The van der Waals surface area contributed by atoms with E-state index in [1.165, 1.54) is 25.8 Å². The number of likely N-dealkylation sites (tertiary alicyclic amines) is 1. The Balaban J connectivity index is 2.49. The van der Waals surface area contributed by atoms with Crippen LogP contribution in [0.3, 0.4) is 0 Å². The Morgan fingerprint density at radius 1 is 1.44 bits per heavy atom. The zero-order valence-corrected chi connectivity index (χ0v) is 7.12. The summed E-state index contributed by atoms with van der Waals surface area (Å²) in [6.45, 7) is 3.40. The minimum atomic E-state index is 0.165. The highest BCUT2D eigenvalue weighted by molar-refractivity contribution is 7.81. The molecule has 1 aliphatic rings. The molecule has 0 saturated carbocycles. The second-order valence-corrected chi connectivity index (χ2v) is 4.06. The van der Waals surface area contributed by atoms with Gasteiger partial charge in [-0.05, 0) is 39.8 Å². The first-order valence-electron chi connectivity index (χ1n) is 3.56. The molecule has 54 valence electrons. The third kappa shape index (κ3) is 1.62. The molecule has 1 fully saturated rings. The molecule has 1 rings (SSSR count). The van der Waals surface area contributed by atoms with Crippen molar-refractivity contribution in [3.8, 4) is 0 Å². The zero-order valence-electron chi connectivity index (χ0n) is 6.22. The highest BCUT2D eigenvalue weighted by atomic mass is 32.1. The minimum absolute atomic E-state index is 0.165. The molecule has 0 aromatic heterocycles. The van der Waals surface area contributed by atoms with E-state index in [0.29, 0.717) is 0 Å². The molecule has 2 heteroatoms. The van der Waals surface area contributed by atoms with Crippen LogP contribution in [-0.2, 0) is 0 Å². The van der Waals surface area contributed by atoms with Gasteiger partial charge in [0.05, 0.1) is 4.87 Å². The van der Waals surface area contributed by atoms with Gasteiger partial charge in [-0.25, -0.2) is 0 Å². The van der Waals surface area contributed by atoms with Crippen LogP contribution in [0.1, 0.15) is 26.2 Å². The van der Waals surface area contributed by atoms with Gasteiger partial charge in [0, 0.05) is 0 Å². The maximum Gasteiger partial charge on any atom is 0.0609 e. The van der Waals surface area contributed by atoms with Crippen LogP contribution in [0.25, 0.3) is 0 Å². The van der Waals surface area contributed by atoms with E-state index in [1.54, 1.807) is 0 Å². The molecule has 0 aliphatic carbocycles. The van der Waals surface area contributed by atoms with E-state index in [0.717, 1.165) is 0 Å². The first kappa shape index (κ1) is 7.42. The summed E-state index contributed by atoms with van der Waals surface area (Å²) in [6.07, 6.45) is 3.91. The molecular weight excluding hydrogens is 130 g/mol.